The van der Waals surface area contributed by atoms with Crippen LogP contribution in [0, 0.1) is 0 Å². The van der Waals surface area contributed by atoms with E-state index in [0.29, 0.717) is 18.0 Å². The predicted octanol–water partition coefficient (Wildman–Crippen LogP) is 1.96. The largest absolute Gasteiger partial charge is 0.346 e. The van der Waals surface area contributed by atoms with Gasteiger partial charge in [-0.15, -0.1) is 0 Å². The highest BCUT2D eigenvalue weighted by atomic mass is 32.2. The van der Waals surface area contributed by atoms with Crippen LogP contribution in [0.3, 0.4) is 0 Å². The molecule has 1 aliphatic carbocycles. The van der Waals surface area contributed by atoms with Crippen molar-refractivity contribution in [3.05, 3.63) is 18.0 Å². The van der Waals surface area contributed by atoms with Crippen LogP contribution in [0.15, 0.2) is 17.2 Å². The summed E-state index contributed by atoms with van der Waals surface area (Å²) in [7, 11) is -1.57. The molecule has 2 N–H and O–H groups in total. The van der Waals surface area contributed by atoms with E-state index >= 15 is 0 Å². The summed E-state index contributed by atoms with van der Waals surface area (Å²) in [6, 6.07) is 2.00. The molecule has 1 saturated carbocycles. The molecule has 0 amide bonds. The van der Waals surface area contributed by atoms with Gasteiger partial charge in [0.1, 0.15) is 0 Å². The van der Waals surface area contributed by atoms with Crippen LogP contribution in [0.4, 0.5) is 0 Å². The van der Waals surface area contributed by atoms with Crippen molar-refractivity contribution in [3.8, 4) is 0 Å². The summed E-state index contributed by atoms with van der Waals surface area (Å²) in [5.74, 6) is 0. The van der Waals surface area contributed by atoms with Gasteiger partial charge < -0.3 is 9.88 Å². The lowest BCUT2D eigenvalue weighted by Crippen LogP contribution is -2.31. The van der Waals surface area contributed by atoms with E-state index < -0.39 is 10.0 Å². The average molecular weight is 332 g/mol. The van der Waals surface area contributed by atoms with Crippen molar-refractivity contribution in [2.24, 2.45) is 0 Å². The van der Waals surface area contributed by atoms with E-state index in [1.54, 1.807) is 24.0 Å². The summed E-state index contributed by atoms with van der Waals surface area (Å²) >= 11 is 1.75. The average Bonchev–Trinajstić information content (AvgIpc) is 3.09. The van der Waals surface area contributed by atoms with Gasteiger partial charge in [0.05, 0.1) is 4.90 Å². The standard InChI is InChI=1S/C14H25N3O2S2/c1-11(2)17-9-13(7-12(17)8-15-3)21(18,19)16-10-14(20-4)5-6-14/h7,9,11,15-16H,5-6,8,10H2,1-4H3. The minimum Gasteiger partial charge on any atom is -0.346 e. The summed E-state index contributed by atoms with van der Waals surface area (Å²) in [5, 5.41) is 3.08. The molecule has 0 aromatic carbocycles. The molecule has 0 saturated heterocycles. The van der Waals surface area contributed by atoms with Crippen molar-refractivity contribution in [2.45, 2.75) is 48.9 Å². The molecule has 0 bridgehead atoms. The van der Waals surface area contributed by atoms with Crippen molar-refractivity contribution in [2.75, 3.05) is 19.8 Å². The van der Waals surface area contributed by atoms with Gasteiger partial charge >= 0.3 is 0 Å². The zero-order valence-corrected chi connectivity index (χ0v) is 14.8. The first kappa shape index (κ1) is 16.9. The Morgan fingerprint density at radius 2 is 2.10 bits per heavy atom. The van der Waals surface area contributed by atoms with Crippen molar-refractivity contribution in [1.29, 1.82) is 0 Å². The van der Waals surface area contributed by atoms with Crippen LogP contribution in [0.5, 0.6) is 0 Å². The smallest absolute Gasteiger partial charge is 0.242 e. The topological polar surface area (TPSA) is 63.1 Å². The van der Waals surface area contributed by atoms with Crippen LogP contribution < -0.4 is 10.0 Å². The van der Waals surface area contributed by atoms with E-state index in [4.69, 9.17) is 0 Å². The maximum absolute atomic E-state index is 12.5. The van der Waals surface area contributed by atoms with Gasteiger partial charge in [0.2, 0.25) is 10.0 Å². The molecule has 0 spiro atoms. The van der Waals surface area contributed by atoms with Crippen LogP contribution in [0.25, 0.3) is 0 Å². The normalized spacial score (nSPS) is 17.4. The molecular formula is C14H25N3O2S2. The molecule has 0 atom stereocenters. The van der Waals surface area contributed by atoms with E-state index in [2.05, 4.69) is 23.9 Å². The second-order valence-electron chi connectivity index (χ2n) is 5.91. The number of rotatable bonds is 8. The second-order valence-corrected chi connectivity index (χ2v) is 8.95. The van der Waals surface area contributed by atoms with E-state index in [1.807, 2.05) is 17.9 Å². The van der Waals surface area contributed by atoms with Crippen molar-refractivity contribution in [3.63, 3.8) is 0 Å². The first-order valence-corrected chi connectivity index (χ1v) is 9.94. The summed E-state index contributed by atoms with van der Waals surface area (Å²) in [6.45, 7) is 5.28. The number of aromatic nitrogens is 1. The summed E-state index contributed by atoms with van der Waals surface area (Å²) in [4.78, 5) is 0.360. The molecule has 5 nitrogen and oxygen atoms in total. The molecule has 21 heavy (non-hydrogen) atoms. The van der Waals surface area contributed by atoms with E-state index in [-0.39, 0.29) is 10.8 Å². The minimum absolute atomic E-state index is 0.126. The molecule has 2 rings (SSSR count). The van der Waals surface area contributed by atoms with Crippen LogP contribution in [-0.4, -0.2) is 37.6 Å². The number of hydrogen-bond acceptors (Lipinski definition) is 4. The van der Waals surface area contributed by atoms with Crippen LogP contribution in [0.2, 0.25) is 0 Å². The third-order valence-electron chi connectivity index (χ3n) is 3.96. The lowest BCUT2D eigenvalue weighted by Gasteiger charge is -2.13. The molecule has 1 fully saturated rings. The Morgan fingerprint density at radius 3 is 2.57 bits per heavy atom. The lowest BCUT2D eigenvalue weighted by atomic mass is 10.3. The van der Waals surface area contributed by atoms with Gasteiger partial charge in [0.15, 0.2) is 0 Å². The monoisotopic (exact) mass is 331 g/mol. The van der Waals surface area contributed by atoms with E-state index in [9.17, 15) is 8.42 Å². The van der Waals surface area contributed by atoms with Gasteiger partial charge in [-0.05, 0) is 46.1 Å². The Morgan fingerprint density at radius 1 is 1.43 bits per heavy atom. The molecule has 120 valence electrons. The van der Waals surface area contributed by atoms with Gasteiger partial charge in [0, 0.05) is 35.8 Å². The van der Waals surface area contributed by atoms with E-state index in [0.717, 1.165) is 18.5 Å². The maximum atomic E-state index is 12.5. The maximum Gasteiger partial charge on any atom is 0.242 e. The summed E-state index contributed by atoms with van der Waals surface area (Å²) < 4.78 is 29.8. The number of hydrogen-bond donors (Lipinski definition) is 2. The third-order valence-corrected chi connectivity index (χ3v) is 6.74. The summed E-state index contributed by atoms with van der Waals surface area (Å²) in [6.07, 6.45) is 5.96. The summed E-state index contributed by atoms with van der Waals surface area (Å²) in [5.41, 5.74) is 0.985. The highest BCUT2D eigenvalue weighted by Gasteiger charge is 2.42. The van der Waals surface area contributed by atoms with Crippen LogP contribution >= 0.6 is 11.8 Å². The number of sulfonamides is 1. The molecule has 7 heteroatoms. The first-order chi connectivity index (χ1) is 9.83. The third kappa shape index (κ3) is 3.83. The first-order valence-electron chi connectivity index (χ1n) is 7.24. The van der Waals surface area contributed by atoms with Crippen molar-refractivity contribution < 1.29 is 8.42 Å². The fraction of sp³-hybridized carbons (Fsp3) is 0.714. The van der Waals surface area contributed by atoms with Gasteiger partial charge in [-0.1, -0.05) is 0 Å². The quantitative estimate of drug-likeness (QED) is 0.764. The number of nitrogens with one attached hydrogen (secondary N) is 2. The highest BCUT2D eigenvalue weighted by molar-refractivity contribution is 8.00. The van der Waals surface area contributed by atoms with Crippen LogP contribution in [0.1, 0.15) is 38.4 Å². The Labute approximate surface area is 131 Å². The van der Waals surface area contributed by atoms with Gasteiger partial charge in [0.25, 0.3) is 0 Å². The molecule has 1 aliphatic rings. The molecule has 1 heterocycles. The lowest BCUT2D eigenvalue weighted by molar-refractivity contribution is 0.560. The van der Waals surface area contributed by atoms with Crippen molar-refractivity contribution >= 4 is 21.8 Å². The number of nitrogens with zero attached hydrogens (tertiary/aromatic N) is 1. The SMILES string of the molecule is CNCc1cc(S(=O)(=O)NCC2(SC)CC2)cn1C(C)C. The van der Waals surface area contributed by atoms with Gasteiger partial charge in [-0.2, -0.15) is 11.8 Å². The zero-order valence-electron chi connectivity index (χ0n) is 13.1. The molecule has 0 radical (unpaired) electrons. The minimum atomic E-state index is -3.43. The molecule has 0 aliphatic heterocycles. The molecule has 1 aromatic heterocycles. The Bertz CT molecular complexity index is 589. The highest BCUT2D eigenvalue weighted by Crippen LogP contribution is 2.46. The second kappa shape index (κ2) is 6.32. The van der Waals surface area contributed by atoms with Gasteiger partial charge in [-0.25, -0.2) is 13.1 Å². The fourth-order valence-electron chi connectivity index (χ4n) is 2.35. The van der Waals surface area contributed by atoms with Crippen LogP contribution in [-0.2, 0) is 16.6 Å². The fourth-order valence-corrected chi connectivity index (χ4v) is 4.34. The Balaban J connectivity index is 2.17. The predicted molar refractivity (Wildman–Crippen MR) is 88.2 cm³/mol. The zero-order chi connectivity index (χ0) is 15.7. The van der Waals surface area contributed by atoms with Gasteiger partial charge in [-0.3, -0.25) is 0 Å². The molecule has 0 unspecified atom stereocenters. The van der Waals surface area contributed by atoms with E-state index in [1.165, 1.54) is 0 Å². The number of thioether (sulfide) groups is 1. The molecular weight excluding hydrogens is 306 g/mol. The van der Waals surface area contributed by atoms with Crippen molar-refractivity contribution in [1.82, 2.24) is 14.6 Å². The Hall–Kier alpha value is -0.500. The molecule has 1 aromatic rings. The Kier molecular flexibility index (Phi) is 5.07.